The molecular formula is C19H17ClN4O2. The molecule has 0 fully saturated rings. The Bertz CT molecular complexity index is 976. The van der Waals surface area contributed by atoms with Gasteiger partial charge < -0.3 is 15.7 Å². The fourth-order valence-corrected chi connectivity index (χ4v) is 2.74. The summed E-state index contributed by atoms with van der Waals surface area (Å²) >= 11 is 5.99. The van der Waals surface area contributed by atoms with E-state index >= 15 is 0 Å². The number of aromatic nitrogens is 2. The van der Waals surface area contributed by atoms with Crippen molar-refractivity contribution in [1.29, 1.82) is 0 Å². The molecule has 0 bridgehead atoms. The van der Waals surface area contributed by atoms with E-state index in [0.29, 0.717) is 28.2 Å². The number of hydrogen-bond donors (Lipinski definition) is 3. The number of hydrogen-bond acceptors (Lipinski definition) is 5. The molecule has 0 spiro atoms. The number of aromatic carboxylic acids is 1. The third-order valence-corrected chi connectivity index (χ3v) is 3.94. The Morgan fingerprint density at radius 2 is 1.62 bits per heavy atom. The zero-order valence-electron chi connectivity index (χ0n) is 14.2. The molecule has 3 N–H and O–H groups in total. The third kappa shape index (κ3) is 4.10. The molecule has 1 aromatic heterocycles. The van der Waals surface area contributed by atoms with Gasteiger partial charge in [0.1, 0.15) is 17.5 Å². The summed E-state index contributed by atoms with van der Waals surface area (Å²) in [5, 5.41) is 16.3. The Hall–Kier alpha value is -3.12. The predicted molar refractivity (Wildman–Crippen MR) is 103 cm³/mol. The summed E-state index contributed by atoms with van der Waals surface area (Å²) in [6, 6.07) is 13.9. The van der Waals surface area contributed by atoms with E-state index in [1.165, 1.54) is 6.07 Å². The molecule has 0 atom stereocenters. The molecule has 0 unspecified atom stereocenters. The number of nitrogens with one attached hydrogen (secondary N) is 2. The highest BCUT2D eigenvalue weighted by Gasteiger charge is 2.11. The van der Waals surface area contributed by atoms with Gasteiger partial charge in [0, 0.05) is 16.8 Å². The van der Waals surface area contributed by atoms with Gasteiger partial charge in [-0.1, -0.05) is 23.7 Å². The molecule has 7 heteroatoms. The highest BCUT2D eigenvalue weighted by molar-refractivity contribution is 6.30. The number of aryl methyl sites for hydroxylation is 2. The lowest BCUT2D eigenvalue weighted by atomic mass is 10.2. The highest BCUT2D eigenvalue weighted by atomic mass is 35.5. The van der Waals surface area contributed by atoms with Crippen LogP contribution < -0.4 is 10.6 Å². The largest absolute Gasteiger partial charge is 0.478 e. The van der Waals surface area contributed by atoms with E-state index in [1.807, 2.05) is 19.1 Å². The fraction of sp³-hybridized carbons (Fsp3) is 0.105. The molecule has 6 nitrogen and oxygen atoms in total. The first-order valence-corrected chi connectivity index (χ1v) is 8.28. The Morgan fingerprint density at radius 1 is 0.962 bits per heavy atom. The molecular weight excluding hydrogens is 352 g/mol. The second-order valence-corrected chi connectivity index (χ2v) is 6.18. The maximum atomic E-state index is 11.4. The highest BCUT2D eigenvalue weighted by Crippen LogP contribution is 2.25. The minimum Gasteiger partial charge on any atom is -0.478 e. The SMILES string of the molecule is Cc1nc(Nc2ccc(Cl)cc2C)cc(Nc2ccccc2C(=O)O)n1. The number of carboxylic acid groups (broad SMARTS) is 1. The molecule has 0 amide bonds. The van der Waals surface area contributed by atoms with Gasteiger partial charge in [0.2, 0.25) is 0 Å². The van der Waals surface area contributed by atoms with Crippen molar-refractivity contribution in [3.8, 4) is 0 Å². The van der Waals surface area contributed by atoms with Crippen molar-refractivity contribution < 1.29 is 9.90 Å². The lowest BCUT2D eigenvalue weighted by Crippen LogP contribution is -2.05. The van der Waals surface area contributed by atoms with Crippen LogP contribution in [-0.4, -0.2) is 21.0 Å². The molecule has 26 heavy (non-hydrogen) atoms. The smallest absolute Gasteiger partial charge is 0.337 e. The number of carboxylic acids is 1. The van der Waals surface area contributed by atoms with Crippen LogP contribution in [0.3, 0.4) is 0 Å². The van der Waals surface area contributed by atoms with Crippen LogP contribution in [0, 0.1) is 13.8 Å². The zero-order chi connectivity index (χ0) is 18.7. The minimum absolute atomic E-state index is 0.173. The van der Waals surface area contributed by atoms with E-state index in [9.17, 15) is 9.90 Å². The second-order valence-electron chi connectivity index (χ2n) is 5.75. The van der Waals surface area contributed by atoms with Crippen molar-refractivity contribution in [3.63, 3.8) is 0 Å². The first-order chi connectivity index (χ1) is 12.4. The lowest BCUT2D eigenvalue weighted by Gasteiger charge is -2.13. The van der Waals surface area contributed by atoms with Crippen LogP contribution >= 0.6 is 11.6 Å². The molecule has 2 aromatic carbocycles. The number of carbonyl (C=O) groups is 1. The summed E-state index contributed by atoms with van der Waals surface area (Å²) in [5.41, 5.74) is 2.50. The van der Waals surface area contributed by atoms with Crippen molar-refractivity contribution >= 4 is 40.6 Å². The zero-order valence-corrected chi connectivity index (χ0v) is 15.0. The summed E-state index contributed by atoms with van der Waals surface area (Å²) in [5.74, 6) is 0.643. The van der Waals surface area contributed by atoms with Crippen molar-refractivity contribution in [1.82, 2.24) is 9.97 Å². The molecule has 3 rings (SSSR count). The fourth-order valence-electron chi connectivity index (χ4n) is 2.52. The van der Waals surface area contributed by atoms with E-state index in [0.717, 1.165) is 11.3 Å². The molecule has 0 radical (unpaired) electrons. The van der Waals surface area contributed by atoms with Gasteiger partial charge >= 0.3 is 5.97 Å². The minimum atomic E-state index is -1.01. The van der Waals surface area contributed by atoms with E-state index in [1.54, 1.807) is 37.3 Å². The van der Waals surface area contributed by atoms with Gasteiger partial charge in [0.25, 0.3) is 0 Å². The number of halogens is 1. The summed E-state index contributed by atoms with van der Waals surface area (Å²) in [6.07, 6.45) is 0. The van der Waals surface area contributed by atoms with E-state index in [4.69, 9.17) is 11.6 Å². The molecule has 0 aliphatic rings. The van der Waals surface area contributed by atoms with Crippen LogP contribution in [0.1, 0.15) is 21.7 Å². The summed E-state index contributed by atoms with van der Waals surface area (Å²) < 4.78 is 0. The van der Waals surface area contributed by atoms with Crippen LogP contribution in [0.25, 0.3) is 0 Å². The number of nitrogens with zero attached hydrogens (tertiary/aromatic N) is 2. The van der Waals surface area contributed by atoms with Gasteiger partial charge in [-0.3, -0.25) is 0 Å². The summed E-state index contributed by atoms with van der Waals surface area (Å²) in [6.45, 7) is 3.72. The molecule has 0 saturated carbocycles. The van der Waals surface area contributed by atoms with Crippen molar-refractivity contribution in [2.24, 2.45) is 0 Å². The molecule has 132 valence electrons. The van der Waals surface area contributed by atoms with Crippen molar-refractivity contribution in [2.75, 3.05) is 10.6 Å². The van der Waals surface area contributed by atoms with Crippen LogP contribution in [0.5, 0.6) is 0 Å². The average molecular weight is 369 g/mol. The second kappa shape index (κ2) is 7.41. The van der Waals surface area contributed by atoms with Gasteiger partial charge in [-0.2, -0.15) is 0 Å². The summed E-state index contributed by atoms with van der Waals surface area (Å²) in [4.78, 5) is 20.1. The summed E-state index contributed by atoms with van der Waals surface area (Å²) in [7, 11) is 0. The van der Waals surface area contributed by atoms with Crippen molar-refractivity contribution in [2.45, 2.75) is 13.8 Å². The third-order valence-electron chi connectivity index (χ3n) is 3.71. The van der Waals surface area contributed by atoms with Crippen LogP contribution in [0.2, 0.25) is 5.02 Å². The Labute approximate surface area is 155 Å². The maximum absolute atomic E-state index is 11.4. The van der Waals surface area contributed by atoms with E-state index in [2.05, 4.69) is 20.6 Å². The number of benzene rings is 2. The van der Waals surface area contributed by atoms with Crippen LogP contribution in [0.4, 0.5) is 23.0 Å². The molecule has 0 saturated heterocycles. The quantitative estimate of drug-likeness (QED) is 0.591. The molecule has 1 heterocycles. The monoisotopic (exact) mass is 368 g/mol. The maximum Gasteiger partial charge on any atom is 0.337 e. The first kappa shape index (κ1) is 17.7. The number of rotatable bonds is 5. The van der Waals surface area contributed by atoms with Gasteiger partial charge in [-0.05, 0) is 49.7 Å². The Kier molecular flexibility index (Phi) is 5.04. The average Bonchev–Trinajstić information content (AvgIpc) is 2.57. The predicted octanol–water partition coefficient (Wildman–Crippen LogP) is 4.93. The Balaban J connectivity index is 1.90. The van der Waals surface area contributed by atoms with E-state index in [-0.39, 0.29) is 5.56 Å². The van der Waals surface area contributed by atoms with Gasteiger partial charge in [-0.15, -0.1) is 0 Å². The normalized spacial score (nSPS) is 10.4. The van der Waals surface area contributed by atoms with Crippen molar-refractivity contribution in [3.05, 3.63) is 70.5 Å². The number of para-hydroxylation sites is 1. The standard InChI is InChI=1S/C19H17ClN4O2/c1-11-9-13(20)7-8-15(11)23-17-10-18(22-12(2)21-17)24-16-6-4-3-5-14(16)19(25)26/h3-10H,1-2H3,(H,25,26)(H2,21,22,23,24). The van der Waals surface area contributed by atoms with Gasteiger partial charge in [-0.25, -0.2) is 14.8 Å². The Morgan fingerprint density at radius 3 is 2.27 bits per heavy atom. The first-order valence-electron chi connectivity index (χ1n) is 7.90. The lowest BCUT2D eigenvalue weighted by molar-refractivity contribution is 0.0698. The number of anilines is 4. The van der Waals surface area contributed by atoms with Gasteiger partial charge in [0.15, 0.2) is 0 Å². The van der Waals surface area contributed by atoms with Crippen LogP contribution in [-0.2, 0) is 0 Å². The van der Waals surface area contributed by atoms with Gasteiger partial charge in [0.05, 0.1) is 11.3 Å². The topological polar surface area (TPSA) is 87.1 Å². The van der Waals surface area contributed by atoms with Crippen LogP contribution in [0.15, 0.2) is 48.5 Å². The molecule has 0 aliphatic heterocycles. The van der Waals surface area contributed by atoms with E-state index < -0.39 is 5.97 Å². The molecule has 3 aromatic rings. The molecule has 0 aliphatic carbocycles.